The van der Waals surface area contributed by atoms with Gasteiger partial charge in [-0.15, -0.1) is 0 Å². The molecule has 0 radical (unpaired) electrons. The number of fused-ring (bicyclic) bond motifs is 5. The molecule has 5 fully saturated rings. The van der Waals surface area contributed by atoms with Crippen LogP contribution in [-0.4, -0.2) is 16.1 Å². The zero-order valence-electron chi connectivity index (χ0n) is 16.4. The molecule has 8 atom stereocenters. The molecular weight excluding hydrogens is 419 g/mol. The van der Waals surface area contributed by atoms with Gasteiger partial charge in [0.2, 0.25) is 0 Å². The zero-order chi connectivity index (χ0) is 17.3. The standard InChI is InChI=1S/C23H37IO/c1-21-9-3-4-19(21)18-6-5-16-14-23(11-7-17(15-24)25-23)13-12-22(16,2)20(18)8-10-21/h16-20H,3-15H2,1-2H3/t16-,17+,18-,19-,20-,21-,22-,23+/m0/s1. The summed E-state index contributed by atoms with van der Waals surface area (Å²) in [5.74, 6) is 4.09. The Morgan fingerprint density at radius 2 is 1.76 bits per heavy atom. The monoisotopic (exact) mass is 456 g/mol. The minimum absolute atomic E-state index is 0.281. The van der Waals surface area contributed by atoms with Crippen LogP contribution in [0, 0.1) is 34.5 Å². The highest BCUT2D eigenvalue weighted by molar-refractivity contribution is 14.1. The van der Waals surface area contributed by atoms with Crippen molar-refractivity contribution in [3.8, 4) is 0 Å². The van der Waals surface area contributed by atoms with Crippen LogP contribution < -0.4 is 0 Å². The maximum atomic E-state index is 6.65. The third-order valence-electron chi connectivity index (χ3n) is 10.1. The van der Waals surface area contributed by atoms with E-state index in [4.69, 9.17) is 4.74 Å². The van der Waals surface area contributed by atoms with Crippen LogP contribution in [0.15, 0.2) is 0 Å². The fraction of sp³-hybridized carbons (Fsp3) is 1.00. The summed E-state index contributed by atoms with van der Waals surface area (Å²) in [5, 5.41) is 0. The number of hydrogen-bond acceptors (Lipinski definition) is 1. The van der Waals surface area contributed by atoms with Gasteiger partial charge in [-0.2, -0.15) is 0 Å². The van der Waals surface area contributed by atoms with Crippen LogP contribution >= 0.6 is 22.6 Å². The summed E-state index contributed by atoms with van der Waals surface area (Å²) >= 11 is 2.52. The second-order valence-corrected chi connectivity index (χ2v) is 11.9. The topological polar surface area (TPSA) is 9.23 Å². The Bertz CT molecular complexity index is 534. The summed E-state index contributed by atoms with van der Waals surface area (Å²) in [6, 6.07) is 0. The Morgan fingerprint density at radius 3 is 2.56 bits per heavy atom. The predicted octanol–water partition coefficient (Wildman–Crippen LogP) is 6.77. The predicted molar refractivity (Wildman–Crippen MR) is 112 cm³/mol. The molecule has 2 heteroatoms. The molecule has 0 aromatic heterocycles. The Morgan fingerprint density at radius 1 is 0.880 bits per heavy atom. The highest BCUT2D eigenvalue weighted by Gasteiger charge is 2.60. The van der Waals surface area contributed by atoms with E-state index in [1.54, 1.807) is 6.42 Å². The number of alkyl halides is 1. The summed E-state index contributed by atoms with van der Waals surface area (Å²) in [5.41, 5.74) is 1.62. The first-order chi connectivity index (χ1) is 12.0. The molecule has 142 valence electrons. The van der Waals surface area contributed by atoms with Crippen LogP contribution in [0.25, 0.3) is 0 Å². The van der Waals surface area contributed by atoms with Crippen molar-refractivity contribution < 1.29 is 4.74 Å². The fourth-order valence-electron chi connectivity index (χ4n) is 8.64. The van der Waals surface area contributed by atoms with Crippen molar-refractivity contribution in [3.05, 3.63) is 0 Å². The van der Waals surface area contributed by atoms with Gasteiger partial charge in [-0.3, -0.25) is 0 Å². The minimum atomic E-state index is 0.281. The first-order valence-electron chi connectivity index (χ1n) is 11.2. The number of halogens is 1. The molecule has 1 spiro atoms. The van der Waals surface area contributed by atoms with Gasteiger partial charge in [0, 0.05) is 4.43 Å². The maximum Gasteiger partial charge on any atom is 0.0690 e. The van der Waals surface area contributed by atoms with Gasteiger partial charge in [-0.05, 0) is 105 Å². The average molecular weight is 456 g/mol. The molecule has 5 rings (SSSR count). The van der Waals surface area contributed by atoms with Gasteiger partial charge < -0.3 is 4.74 Å². The van der Waals surface area contributed by atoms with E-state index in [9.17, 15) is 0 Å². The maximum absolute atomic E-state index is 6.65. The van der Waals surface area contributed by atoms with Gasteiger partial charge in [0.1, 0.15) is 0 Å². The van der Waals surface area contributed by atoms with Crippen LogP contribution in [0.2, 0.25) is 0 Å². The fourth-order valence-corrected chi connectivity index (χ4v) is 9.26. The van der Waals surface area contributed by atoms with Crippen molar-refractivity contribution in [2.75, 3.05) is 4.43 Å². The van der Waals surface area contributed by atoms with E-state index in [0.717, 1.165) is 23.7 Å². The first kappa shape index (κ1) is 17.8. The van der Waals surface area contributed by atoms with E-state index in [0.29, 0.717) is 16.9 Å². The third-order valence-corrected chi connectivity index (χ3v) is 11.1. The lowest BCUT2D eigenvalue weighted by Gasteiger charge is -2.62. The van der Waals surface area contributed by atoms with E-state index in [-0.39, 0.29) is 5.60 Å². The number of rotatable bonds is 1. The lowest BCUT2D eigenvalue weighted by Crippen LogP contribution is -2.55. The number of ether oxygens (including phenoxy) is 1. The van der Waals surface area contributed by atoms with Crippen LogP contribution in [0.3, 0.4) is 0 Å². The summed E-state index contributed by atoms with van der Waals surface area (Å²) in [7, 11) is 0. The molecule has 0 amide bonds. The second-order valence-electron chi connectivity index (χ2n) is 11.1. The zero-order valence-corrected chi connectivity index (χ0v) is 18.5. The Labute approximate surface area is 168 Å². The lowest BCUT2D eigenvalue weighted by molar-refractivity contribution is -0.158. The van der Waals surface area contributed by atoms with Gasteiger partial charge in [-0.25, -0.2) is 0 Å². The molecular formula is C23H37IO. The Hall–Kier alpha value is 0.690. The lowest BCUT2D eigenvalue weighted by atomic mass is 9.44. The van der Waals surface area contributed by atoms with Gasteiger partial charge in [-0.1, -0.05) is 42.9 Å². The SMILES string of the molecule is C[C@@]12CCC[C@H]1[C@@H]1CC[C@H]3C[C@@]4(CC[C@H](CI)O4)CC[C@]3(C)[C@H]1CC2. The number of hydrogen-bond donors (Lipinski definition) is 0. The largest absolute Gasteiger partial charge is 0.371 e. The van der Waals surface area contributed by atoms with E-state index < -0.39 is 0 Å². The third kappa shape index (κ3) is 2.62. The van der Waals surface area contributed by atoms with Crippen molar-refractivity contribution in [1.29, 1.82) is 0 Å². The van der Waals surface area contributed by atoms with Crippen molar-refractivity contribution in [2.24, 2.45) is 34.5 Å². The normalized spacial score (nSPS) is 58.0. The summed E-state index contributed by atoms with van der Waals surface area (Å²) < 4.78 is 7.83. The van der Waals surface area contributed by atoms with Crippen molar-refractivity contribution in [3.63, 3.8) is 0 Å². The molecule has 1 saturated heterocycles. The molecule has 25 heavy (non-hydrogen) atoms. The van der Waals surface area contributed by atoms with Crippen LogP contribution in [0.5, 0.6) is 0 Å². The molecule has 1 heterocycles. The van der Waals surface area contributed by atoms with Crippen LogP contribution in [0.4, 0.5) is 0 Å². The summed E-state index contributed by atoms with van der Waals surface area (Å²) in [6.07, 6.45) is 18.1. The minimum Gasteiger partial charge on any atom is -0.371 e. The second kappa shape index (κ2) is 6.09. The molecule has 4 saturated carbocycles. The van der Waals surface area contributed by atoms with Gasteiger partial charge in [0.25, 0.3) is 0 Å². The smallest absolute Gasteiger partial charge is 0.0690 e. The van der Waals surface area contributed by atoms with Crippen molar-refractivity contribution >= 4 is 22.6 Å². The van der Waals surface area contributed by atoms with E-state index in [1.807, 2.05) is 0 Å². The van der Waals surface area contributed by atoms with Gasteiger partial charge in [0.15, 0.2) is 0 Å². The van der Waals surface area contributed by atoms with E-state index >= 15 is 0 Å². The van der Waals surface area contributed by atoms with E-state index in [2.05, 4.69) is 36.4 Å². The van der Waals surface area contributed by atoms with Gasteiger partial charge in [0.05, 0.1) is 11.7 Å². The van der Waals surface area contributed by atoms with E-state index in [1.165, 1.54) is 75.1 Å². The molecule has 1 nitrogen and oxygen atoms in total. The first-order valence-corrected chi connectivity index (χ1v) is 12.7. The highest BCUT2D eigenvalue weighted by atomic mass is 127. The van der Waals surface area contributed by atoms with Crippen molar-refractivity contribution in [2.45, 2.75) is 103 Å². The Balaban J connectivity index is 1.37. The molecule has 4 aliphatic carbocycles. The molecule has 1 aliphatic heterocycles. The Kier molecular flexibility index (Phi) is 4.33. The molecule has 0 unspecified atom stereocenters. The summed E-state index contributed by atoms with van der Waals surface area (Å²) in [4.78, 5) is 0. The molecule has 0 N–H and O–H groups in total. The van der Waals surface area contributed by atoms with Crippen LogP contribution in [-0.2, 0) is 4.74 Å². The molecule has 0 aromatic carbocycles. The molecule has 5 aliphatic rings. The highest BCUT2D eigenvalue weighted by Crippen LogP contribution is 2.67. The average Bonchev–Trinajstić information content (AvgIpc) is 3.19. The molecule has 0 aromatic rings. The summed E-state index contributed by atoms with van der Waals surface area (Å²) in [6.45, 7) is 5.35. The van der Waals surface area contributed by atoms with Crippen molar-refractivity contribution in [1.82, 2.24) is 0 Å². The van der Waals surface area contributed by atoms with Crippen LogP contribution in [0.1, 0.15) is 90.9 Å². The quantitative estimate of drug-likeness (QED) is 0.313. The molecule has 0 bridgehead atoms. The van der Waals surface area contributed by atoms with Gasteiger partial charge >= 0.3 is 0 Å².